The Morgan fingerprint density at radius 1 is 1.00 bits per heavy atom. The molecule has 12 heteroatoms. The minimum absolute atomic E-state index is 0.0489. The number of aldehydes is 2. The molecule has 3 aromatic rings. The molecular weight excluding hydrogens is 697 g/mol. The monoisotopic (exact) mass is 754 g/mol. The molecular formula is C43H58N6O6. The van der Waals surface area contributed by atoms with E-state index in [1.165, 1.54) is 22.6 Å². The second-order valence-corrected chi connectivity index (χ2v) is 16.0. The average Bonchev–Trinajstić information content (AvgIpc) is 3.70. The molecule has 0 amide bonds. The molecule has 0 spiro atoms. The number of fused-ring (bicyclic) bond motifs is 5. The van der Waals surface area contributed by atoms with Gasteiger partial charge in [0.25, 0.3) is 0 Å². The normalized spacial score (nSPS) is 25.2. The van der Waals surface area contributed by atoms with Crippen LogP contribution in [0.5, 0.6) is 0 Å². The summed E-state index contributed by atoms with van der Waals surface area (Å²) in [6, 6.07) is 13.5. The number of aliphatic imine (C=N–C) groups is 1. The van der Waals surface area contributed by atoms with E-state index < -0.39 is 12.0 Å². The van der Waals surface area contributed by atoms with Gasteiger partial charge >= 0.3 is 5.97 Å². The molecule has 0 saturated heterocycles. The van der Waals surface area contributed by atoms with Gasteiger partial charge in [0.15, 0.2) is 5.96 Å². The van der Waals surface area contributed by atoms with Crippen molar-refractivity contribution < 1.29 is 29.7 Å². The zero-order valence-corrected chi connectivity index (χ0v) is 31.6. The molecule has 1 saturated carbocycles. The van der Waals surface area contributed by atoms with Gasteiger partial charge in [0.2, 0.25) is 0 Å². The Morgan fingerprint density at radius 3 is 2.56 bits per heavy atom. The van der Waals surface area contributed by atoms with Gasteiger partial charge in [-0.1, -0.05) is 36.8 Å². The van der Waals surface area contributed by atoms with E-state index in [0.717, 1.165) is 74.3 Å². The number of carboxylic acid groups (broad SMARTS) is 1. The lowest BCUT2D eigenvalue weighted by molar-refractivity contribution is -0.131. The van der Waals surface area contributed by atoms with E-state index in [1.807, 2.05) is 24.4 Å². The fourth-order valence-corrected chi connectivity index (χ4v) is 9.76. The number of hydrogen-bond acceptors (Lipinski definition) is 10. The maximum Gasteiger partial charge on any atom is 0.328 e. The molecule has 1 fully saturated rings. The third kappa shape index (κ3) is 9.84. The van der Waals surface area contributed by atoms with Gasteiger partial charge in [-0.25, -0.2) is 9.79 Å². The number of nitrogens with two attached hydrogens (primary N) is 2. The molecule has 55 heavy (non-hydrogen) atoms. The summed E-state index contributed by atoms with van der Waals surface area (Å²) in [5, 5.41) is 38.6. The van der Waals surface area contributed by atoms with Crippen LogP contribution in [0.2, 0.25) is 0 Å². The number of rotatable bonds is 20. The Bertz CT molecular complexity index is 1830. The van der Waals surface area contributed by atoms with E-state index in [-0.39, 0.29) is 61.0 Å². The maximum absolute atomic E-state index is 12.6. The van der Waals surface area contributed by atoms with Gasteiger partial charge in [-0.05, 0) is 133 Å². The molecule has 12 nitrogen and oxygen atoms in total. The molecule has 2 aliphatic carbocycles. The van der Waals surface area contributed by atoms with Gasteiger partial charge in [-0.15, -0.1) is 0 Å². The van der Waals surface area contributed by atoms with Gasteiger partial charge in [0, 0.05) is 37.3 Å². The number of guanidine groups is 1. The molecule has 6 rings (SSSR count). The van der Waals surface area contributed by atoms with E-state index in [1.54, 1.807) is 0 Å². The summed E-state index contributed by atoms with van der Waals surface area (Å²) in [5.41, 5.74) is 17.2. The van der Waals surface area contributed by atoms with Crippen LogP contribution in [0.4, 0.5) is 5.82 Å². The molecule has 2 bridgehead atoms. The van der Waals surface area contributed by atoms with Crippen molar-refractivity contribution in [3.8, 4) is 0 Å². The number of H-pyrrole nitrogens is 1. The smallest absolute Gasteiger partial charge is 0.328 e. The van der Waals surface area contributed by atoms with Crippen LogP contribution >= 0.6 is 0 Å². The molecule has 296 valence electrons. The maximum atomic E-state index is 12.6. The van der Waals surface area contributed by atoms with E-state index in [0.29, 0.717) is 43.6 Å². The van der Waals surface area contributed by atoms with Crippen molar-refractivity contribution in [2.75, 3.05) is 18.5 Å². The van der Waals surface area contributed by atoms with Crippen molar-refractivity contribution >= 4 is 41.1 Å². The number of hydrogen-bond donors (Lipinski definition) is 8. The Labute approximate surface area is 323 Å². The highest BCUT2D eigenvalue weighted by molar-refractivity contribution is 5.86. The number of nitrogens with one attached hydrogen (secondary N) is 3. The van der Waals surface area contributed by atoms with Crippen LogP contribution in [0.15, 0.2) is 65.3 Å². The van der Waals surface area contributed by atoms with Crippen molar-refractivity contribution in [1.29, 1.82) is 0 Å². The summed E-state index contributed by atoms with van der Waals surface area (Å²) in [6.45, 7) is -0.0786. The molecule has 2 heterocycles. The number of benzene rings is 2. The average molecular weight is 755 g/mol. The highest BCUT2D eigenvalue weighted by Gasteiger charge is 2.47. The number of anilines is 1. The zero-order chi connectivity index (χ0) is 38.9. The summed E-state index contributed by atoms with van der Waals surface area (Å²) >= 11 is 0. The summed E-state index contributed by atoms with van der Waals surface area (Å²) in [4.78, 5) is 43.6. The van der Waals surface area contributed by atoms with Crippen LogP contribution in [0.3, 0.4) is 0 Å². The van der Waals surface area contributed by atoms with Crippen LogP contribution in [0, 0.1) is 17.8 Å². The Hall–Kier alpha value is -4.52. The van der Waals surface area contributed by atoms with Gasteiger partial charge in [-0.3, -0.25) is 0 Å². The van der Waals surface area contributed by atoms with E-state index >= 15 is 0 Å². The summed E-state index contributed by atoms with van der Waals surface area (Å²) in [6.07, 6.45) is 14.0. The first kappa shape index (κ1) is 40.2. The molecule has 3 aliphatic rings. The van der Waals surface area contributed by atoms with Crippen LogP contribution in [0.25, 0.3) is 10.8 Å². The zero-order valence-electron chi connectivity index (χ0n) is 31.6. The summed E-state index contributed by atoms with van der Waals surface area (Å²) in [5.74, 6) is 0.602. The van der Waals surface area contributed by atoms with Crippen molar-refractivity contribution in [3.63, 3.8) is 0 Å². The highest BCUT2D eigenvalue weighted by Crippen LogP contribution is 2.56. The van der Waals surface area contributed by atoms with Crippen LogP contribution in [-0.2, 0) is 20.8 Å². The number of aromatic nitrogens is 1. The van der Waals surface area contributed by atoms with E-state index in [9.17, 15) is 29.7 Å². The number of carbonyl (C=O) groups excluding carboxylic acids is 2. The number of carbonyl (C=O) groups is 3. The first-order valence-electron chi connectivity index (χ1n) is 20.1. The molecule has 2 aromatic carbocycles. The quantitative estimate of drug-likeness (QED) is 0.0577. The second kappa shape index (κ2) is 18.9. The molecule has 0 radical (unpaired) electrons. The van der Waals surface area contributed by atoms with Crippen molar-refractivity contribution in [3.05, 3.63) is 77.0 Å². The summed E-state index contributed by atoms with van der Waals surface area (Å²) < 4.78 is 0. The predicted molar refractivity (Wildman–Crippen MR) is 215 cm³/mol. The van der Waals surface area contributed by atoms with Gasteiger partial charge in [0.05, 0.1) is 24.7 Å². The molecule has 10 N–H and O–H groups in total. The van der Waals surface area contributed by atoms with Crippen LogP contribution in [-0.4, -0.2) is 82.2 Å². The third-order valence-electron chi connectivity index (χ3n) is 12.4. The lowest BCUT2D eigenvalue weighted by Crippen LogP contribution is -2.51. The van der Waals surface area contributed by atoms with Gasteiger partial charge in [-0.2, -0.15) is 0 Å². The summed E-state index contributed by atoms with van der Waals surface area (Å²) in [7, 11) is 0. The second-order valence-electron chi connectivity index (χ2n) is 16.0. The minimum atomic E-state index is -1.06. The number of carboxylic acids is 1. The Kier molecular flexibility index (Phi) is 13.8. The molecule has 9 atom stereocenters. The fourth-order valence-electron chi connectivity index (χ4n) is 9.76. The van der Waals surface area contributed by atoms with Crippen molar-refractivity contribution in [2.45, 2.75) is 113 Å². The molecule has 1 aromatic heterocycles. The van der Waals surface area contributed by atoms with Gasteiger partial charge < -0.3 is 52.0 Å². The van der Waals surface area contributed by atoms with Crippen LogP contribution < -0.4 is 22.1 Å². The fraction of sp³-hybridized carbons (Fsp3) is 0.535. The topological polar surface area (TPSA) is 216 Å². The first-order chi connectivity index (χ1) is 26.7. The number of aliphatic hydroxyl groups excluding tert-OH is 2. The van der Waals surface area contributed by atoms with Crippen LogP contribution in [0.1, 0.15) is 99.2 Å². The number of aliphatic hydroxyl groups is 2. The van der Waals surface area contributed by atoms with Gasteiger partial charge in [0.1, 0.15) is 18.4 Å². The largest absolute Gasteiger partial charge is 0.478 e. The SMILES string of the molecule is NC1=NC(C(=CC(=O)O)C(Nc2ccc[nH]2)C2CCC3CC2C(CCCC(N)CCC(C=O)CCCO)c2cc4cc(CC=O)ccc4cc23)CC(CO)N1. The number of aliphatic carboxylic acids is 1. The van der Waals surface area contributed by atoms with Crippen molar-refractivity contribution in [2.24, 2.45) is 34.2 Å². The van der Waals surface area contributed by atoms with Crippen molar-refractivity contribution in [1.82, 2.24) is 10.3 Å². The third-order valence-corrected chi connectivity index (χ3v) is 12.4. The number of nitrogens with zero attached hydrogens (tertiary/aromatic N) is 1. The Morgan fingerprint density at radius 2 is 1.84 bits per heavy atom. The highest BCUT2D eigenvalue weighted by atomic mass is 16.4. The minimum Gasteiger partial charge on any atom is -0.478 e. The molecule has 9 unspecified atom stereocenters. The lowest BCUT2D eigenvalue weighted by atomic mass is 9.56. The molecule has 1 aliphatic heterocycles. The van der Waals surface area contributed by atoms with E-state index in [2.05, 4.69) is 39.9 Å². The van der Waals surface area contributed by atoms with E-state index in [4.69, 9.17) is 16.5 Å². The lowest BCUT2D eigenvalue weighted by Gasteiger charge is -2.50. The Balaban J connectivity index is 1.36. The number of aromatic amines is 1. The first-order valence-corrected chi connectivity index (χ1v) is 20.1. The predicted octanol–water partition coefficient (Wildman–Crippen LogP) is 4.90. The standard InChI is InChI=1S/C43H58N6O6/c44-31(12-9-27(24-52)4-3-16-50)5-1-6-33-36-20-29(35-19-28-10-8-26(14-17-51)18-30(28)21-37(33)35)11-13-34(36)42(49-40-7-2-15-46-40)38(23-41(54)55)39-22-32(25-53)47-43(45)48-39/h2,7-8,10,15,17-19,21,23-24,27,29,31-34,36,39,42,46,49-50,53H,1,3-6,9,11-14,16,20,22,25,44H2,(H,54,55)(H3,45,47,48).